The summed E-state index contributed by atoms with van der Waals surface area (Å²) in [6, 6.07) is 5.24. The lowest BCUT2D eigenvalue weighted by Gasteiger charge is -2.10. The van der Waals surface area contributed by atoms with Gasteiger partial charge in [0, 0.05) is 11.6 Å². The first-order valence-electron chi connectivity index (χ1n) is 4.79. The average molecular weight is 299 g/mol. The second kappa shape index (κ2) is 4.67. The normalized spacial score (nSPS) is 10.3. The highest BCUT2D eigenvalue weighted by Gasteiger charge is 2.14. The number of hydrogen-bond acceptors (Lipinski definition) is 5. The van der Waals surface area contributed by atoms with Crippen molar-refractivity contribution in [2.24, 2.45) is 0 Å². The molecule has 90 valence electrons. The van der Waals surface area contributed by atoms with Crippen LogP contribution in [-0.4, -0.2) is 19.4 Å². The van der Waals surface area contributed by atoms with E-state index in [-0.39, 0.29) is 5.88 Å². The summed E-state index contributed by atoms with van der Waals surface area (Å²) < 4.78 is 16.1. The van der Waals surface area contributed by atoms with Crippen molar-refractivity contribution in [3.63, 3.8) is 0 Å². The molecule has 17 heavy (non-hydrogen) atoms. The Labute approximate surface area is 107 Å². The molecule has 6 heteroatoms. The Bertz CT molecular complexity index is 540. The maximum absolute atomic E-state index is 5.50. The van der Waals surface area contributed by atoms with Crippen molar-refractivity contribution in [3.8, 4) is 22.8 Å². The number of ether oxygens (including phenoxy) is 2. The summed E-state index contributed by atoms with van der Waals surface area (Å²) in [5.41, 5.74) is 6.86. The predicted octanol–water partition coefficient (Wildman–Crippen LogP) is 2.70. The Morgan fingerprint density at radius 1 is 1.18 bits per heavy atom. The van der Waals surface area contributed by atoms with E-state index in [1.165, 1.54) is 0 Å². The molecule has 0 fully saturated rings. The van der Waals surface area contributed by atoms with Crippen LogP contribution < -0.4 is 15.2 Å². The van der Waals surface area contributed by atoms with Crippen LogP contribution in [-0.2, 0) is 0 Å². The van der Waals surface area contributed by atoms with E-state index in [0.29, 0.717) is 17.2 Å². The molecule has 0 saturated heterocycles. The van der Waals surface area contributed by atoms with Crippen LogP contribution in [0.25, 0.3) is 11.3 Å². The first-order valence-corrected chi connectivity index (χ1v) is 5.59. The summed E-state index contributed by atoms with van der Waals surface area (Å²) >= 11 is 3.39. The highest BCUT2D eigenvalue weighted by Crippen LogP contribution is 2.38. The molecule has 0 atom stereocenters. The quantitative estimate of drug-likeness (QED) is 0.943. The molecule has 0 spiro atoms. The summed E-state index contributed by atoms with van der Waals surface area (Å²) in [6.45, 7) is 0. The van der Waals surface area contributed by atoms with Gasteiger partial charge in [-0.15, -0.1) is 0 Å². The molecule has 0 aliphatic rings. The molecule has 0 radical (unpaired) electrons. The van der Waals surface area contributed by atoms with Crippen molar-refractivity contribution in [2.75, 3.05) is 20.0 Å². The van der Waals surface area contributed by atoms with Crippen molar-refractivity contribution in [1.29, 1.82) is 0 Å². The highest BCUT2D eigenvalue weighted by molar-refractivity contribution is 9.10. The van der Waals surface area contributed by atoms with Gasteiger partial charge in [0.15, 0.2) is 0 Å². The smallest absolute Gasteiger partial charge is 0.222 e. The van der Waals surface area contributed by atoms with Gasteiger partial charge in [-0.3, -0.25) is 0 Å². The Hall–Kier alpha value is -1.69. The van der Waals surface area contributed by atoms with E-state index in [0.717, 1.165) is 10.0 Å². The fraction of sp³-hybridized carbons (Fsp3) is 0.182. The number of aromatic nitrogens is 1. The van der Waals surface area contributed by atoms with Gasteiger partial charge in [0.25, 0.3) is 0 Å². The zero-order valence-corrected chi connectivity index (χ0v) is 10.9. The molecule has 2 rings (SSSR count). The summed E-state index contributed by atoms with van der Waals surface area (Å²) in [4.78, 5) is 0. The fourth-order valence-electron chi connectivity index (χ4n) is 1.48. The number of nitrogens with two attached hydrogens (primary N) is 1. The number of methoxy groups -OCH3 is 2. The maximum atomic E-state index is 5.50. The first kappa shape index (κ1) is 11.8. The molecular weight excluding hydrogens is 288 g/mol. The number of nitrogen functional groups attached to an aromatic ring is 1. The Balaban J connectivity index is 2.58. The van der Waals surface area contributed by atoms with Crippen LogP contribution in [0.1, 0.15) is 0 Å². The predicted molar refractivity (Wildman–Crippen MR) is 67.2 cm³/mol. The van der Waals surface area contributed by atoms with E-state index >= 15 is 0 Å². The molecule has 2 N–H and O–H groups in total. The molecule has 2 aromatic rings. The van der Waals surface area contributed by atoms with Gasteiger partial charge in [0.2, 0.25) is 5.88 Å². The minimum Gasteiger partial charge on any atom is -0.496 e. The second-order valence-electron chi connectivity index (χ2n) is 3.30. The maximum Gasteiger partial charge on any atom is 0.222 e. The first-order chi connectivity index (χ1) is 8.15. The van der Waals surface area contributed by atoms with E-state index in [1.54, 1.807) is 32.4 Å². The number of benzene rings is 1. The lowest BCUT2D eigenvalue weighted by Crippen LogP contribution is -1.91. The molecule has 0 bridgehead atoms. The van der Waals surface area contributed by atoms with Gasteiger partial charge in [0.1, 0.15) is 17.2 Å². The largest absolute Gasteiger partial charge is 0.496 e. The molecule has 5 nitrogen and oxygen atoms in total. The summed E-state index contributed by atoms with van der Waals surface area (Å²) in [5, 5.41) is 3.85. The summed E-state index contributed by atoms with van der Waals surface area (Å²) in [6.07, 6.45) is 0. The van der Waals surface area contributed by atoms with Gasteiger partial charge in [-0.2, -0.15) is 0 Å². The SMILES string of the molecule is COc1cc(-c2cc(N)on2)c(OC)cc1Br. The second-order valence-corrected chi connectivity index (χ2v) is 4.16. The van der Waals surface area contributed by atoms with E-state index in [1.807, 2.05) is 0 Å². The third kappa shape index (κ3) is 2.21. The molecule has 0 amide bonds. The topological polar surface area (TPSA) is 70.5 Å². The van der Waals surface area contributed by atoms with Gasteiger partial charge in [-0.1, -0.05) is 5.16 Å². The minimum absolute atomic E-state index is 0.254. The molecule has 0 aliphatic carbocycles. The fourth-order valence-corrected chi connectivity index (χ4v) is 1.96. The van der Waals surface area contributed by atoms with Crippen LogP contribution in [0.5, 0.6) is 11.5 Å². The lowest BCUT2D eigenvalue weighted by molar-refractivity contribution is 0.401. The van der Waals surface area contributed by atoms with Crippen molar-refractivity contribution in [3.05, 3.63) is 22.7 Å². The zero-order chi connectivity index (χ0) is 12.4. The summed E-state index contributed by atoms with van der Waals surface area (Å²) in [7, 11) is 3.18. The lowest BCUT2D eigenvalue weighted by atomic mass is 10.1. The van der Waals surface area contributed by atoms with E-state index in [9.17, 15) is 0 Å². The van der Waals surface area contributed by atoms with Crippen molar-refractivity contribution in [1.82, 2.24) is 5.16 Å². The number of anilines is 1. The molecule has 1 aromatic heterocycles. The average Bonchev–Trinajstić information content (AvgIpc) is 2.75. The van der Waals surface area contributed by atoms with Crippen LogP contribution in [0.3, 0.4) is 0 Å². The van der Waals surface area contributed by atoms with Crippen molar-refractivity contribution >= 4 is 21.8 Å². The number of nitrogens with zero attached hydrogens (tertiary/aromatic N) is 1. The molecule has 0 saturated carbocycles. The monoisotopic (exact) mass is 298 g/mol. The standard InChI is InChI=1S/C11H11BrN2O3/c1-15-9-4-7(12)10(16-2)3-6(9)8-5-11(13)17-14-8/h3-5H,13H2,1-2H3. The number of hydrogen-bond donors (Lipinski definition) is 1. The third-order valence-corrected chi connectivity index (χ3v) is 2.90. The number of rotatable bonds is 3. The van der Waals surface area contributed by atoms with Crippen LogP contribution in [0.4, 0.5) is 5.88 Å². The van der Waals surface area contributed by atoms with Crippen molar-refractivity contribution < 1.29 is 14.0 Å². The Morgan fingerprint density at radius 3 is 2.41 bits per heavy atom. The van der Waals surface area contributed by atoms with Gasteiger partial charge >= 0.3 is 0 Å². The number of halogens is 1. The highest BCUT2D eigenvalue weighted by atomic mass is 79.9. The summed E-state index contributed by atoms with van der Waals surface area (Å²) in [5.74, 6) is 1.59. The molecular formula is C11H11BrN2O3. The third-order valence-electron chi connectivity index (χ3n) is 2.28. The van der Waals surface area contributed by atoms with Crippen LogP contribution in [0, 0.1) is 0 Å². The van der Waals surface area contributed by atoms with Gasteiger partial charge in [0.05, 0.1) is 18.7 Å². The van der Waals surface area contributed by atoms with Gasteiger partial charge < -0.3 is 19.7 Å². The van der Waals surface area contributed by atoms with Gasteiger partial charge in [-0.05, 0) is 28.1 Å². The molecule has 1 aromatic carbocycles. The zero-order valence-electron chi connectivity index (χ0n) is 9.36. The molecule has 1 heterocycles. The van der Waals surface area contributed by atoms with Crippen molar-refractivity contribution in [2.45, 2.75) is 0 Å². The minimum atomic E-state index is 0.254. The van der Waals surface area contributed by atoms with Crippen LogP contribution in [0.2, 0.25) is 0 Å². The van der Waals surface area contributed by atoms with Crippen LogP contribution >= 0.6 is 15.9 Å². The van der Waals surface area contributed by atoms with Gasteiger partial charge in [-0.25, -0.2) is 0 Å². The Kier molecular flexibility index (Phi) is 3.23. The van der Waals surface area contributed by atoms with E-state index in [4.69, 9.17) is 19.7 Å². The Morgan fingerprint density at radius 2 is 1.88 bits per heavy atom. The van der Waals surface area contributed by atoms with Crippen LogP contribution in [0.15, 0.2) is 27.2 Å². The molecule has 0 unspecified atom stereocenters. The van der Waals surface area contributed by atoms with E-state index in [2.05, 4.69) is 21.1 Å². The molecule has 0 aliphatic heterocycles. The van der Waals surface area contributed by atoms with E-state index < -0.39 is 0 Å².